The van der Waals surface area contributed by atoms with Crippen molar-refractivity contribution in [3.63, 3.8) is 0 Å². The van der Waals surface area contributed by atoms with Gasteiger partial charge in [0.05, 0.1) is 6.61 Å². The lowest BCUT2D eigenvalue weighted by Crippen LogP contribution is -2.45. The SMILES string of the molecule is CCOc1cc(CN2CCC(N)C(C)C2)ccc1OC(F)F. The van der Waals surface area contributed by atoms with Crippen molar-refractivity contribution in [2.75, 3.05) is 19.7 Å². The Labute approximate surface area is 130 Å². The van der Waals surface area contributed by atoms with Gasteiger partial charge < -0.3 is 15.2 Å². The fourth-order valence-corrected chi connectivity index (χ4v) is 2.76. The van der Waals surface area contributed by atoms with E-state index in [0.29, 0.717) is 18.3 Å². The first-order chi connectivity index (χ1) is 10.5. The molecule has 2 unspecified atom stereocenters. The van der Waals surface area contributed by atoms with E-state index < -0.39 is 6.61 Å². The maximum absolute atomic E-state index is 12.4. The van der Waals surface area contributed by atoms with Gasteiger partial charge in [-0.2, -0.15) is 8.78 Å². The number of benzene rings is 1. The summed E-state index contributed by atoms with van der Waals surface area (Å²) < 4.78 is 34.7. The number of likely N-dealkylation sites (tertiary alicyclic amines) is 1. The van der Waals surface area contributed by atoms with Crippen molar-refractivity contribution in [3.05, 3.63) is 23.8 Å². The van der Waals surface area contributed by atoms with Crippen LogP contribution in [0.15, 0.2) is 18.2 Å². The largest absolute Gasteiger partial charge is 0.490 e. The Kier molecular flexibility index (Phi) is 5.97. The number of nitrogens with zero attached hydrogens (tertiary/aromatic N) is 1. The van der Waals surface area contributed by atoms with Crippen molar-refractivity contribution >= 4 is 0 Å². The summed E-state index contributed by atoms with van der Waals surface area (Å²) in [7, 11) is 0. The molecule has 0 bridgehead atoms. The van der Waals surface area contributed by atoms with Gasteiger partial charge in [0.15, 0.2) is 11.5 Å². The number of alkyl halides is 2. The topological polar surface area (TPSA) is 47.7 Å². The highest BCUT2D eigenvalue weighted by atomic mass is 19.3. The summed E-state index contributed by atoms with van der Waals surface area (Å²) in [5, 5.41) is 0. The summed E-state index contributed by atoms with van der Waals surface area (Å²) in [4.78, 5) is 2.33. The zero-order valence-electron chi connectivity index (χ0n) is 13.1. The fraction of sp³-hybridized carbons (Fsp3) is 0.625. The number of nitrogens with two attached hydrogens (primary N) is 1. The quantitative estimate of drug-likeness (QED) is 0.877. The number of halogens is 2. The van der Waals surface area contributed by atoms with Crippen LogP contribution in [0.4, 0.5) is 8.78 Å². The van der Waals surface area contributed by atoms with Crippen LogP contribution in [0, 0.1) is 5.92 Å². The van der Waals surface area contributed by atoms with Gasteiger partial charge in [-0.15, -0.1) is 0 Å². The van der Waals surface area contributed by atoms with Gasteiger partial charge in [0, 0.05) is 19.1 Å². The number of hydrogen-bond acceptors (Lipinski definition) is 4. The summed E-state index contributed by atoms with van der Waals surface area (Å²) in [6.45, 7) is 4.17. The lowest BCUT2D eigenvalue weighted by Gasteiger charge is -2.35. The van der Waals surface area contributed by atoms with Gasteiger partial charge >= 0.3 is 6.61 Å². The van der Waals surface area contributed by atoms with E-state index in [-0.39, 0.29) is 11.8 Å². The second-order valence-corrected chi connectivity index (χ2v) is 5.76. The van der Waals surface area contributed by atoms with Crippen LogP contribution in [0.25, 0.3) is 0 Å². The Bertz CT molecular complexity index is 485. The minimum atomic E-state index is -2.85. The van der Waals surface area contributed by atoms with E-state index in [0.717, 1.165) is 31.6 Å². The van der Waals surface area contributed by atoms with E-state index in [1.165, 1.54) is 0 Å². The lowest BCUT2D eigenvalue weighted by molar-refractivity contribution is -0.0514. The zero-order valence-corrected chi connectivity index (χ0v) is 13.1. The molecule has 1 saturated heterocycles. The van der Waals surface area contributed by atoms with Crippen LogP contribution in [0.1, 0.15) is 25.8 Å². The first kappa shape index (κ1) is 17.0. The molecule has 22 heavy (non-hydrogen) atoms. The lowest BCUT2D eigenvalue weighted by atomic mass is 9.94. The molecule has 1 fully saturated rings. The molecule has 4 nitrogen and oxygen atoms in total. The summed E-state index contributed by atoms with van der Waals surface area (Å²) in [5.41, 5.74) is 7.05. The van der Waals surface area contributed by atoms with E-state index in [9.17, 15) is 8.78 Å². The fourth-order valence-electron chi connectivity index (χ4n) is 2.76. The molecular weight excluding hydrogens is 290 g/mol. The third-order valence-electron chi connectivity index (χ3n) is 3.99. The molecule has 0 radical (unpaired) electrons. The highest BCUT2D eigenvalue weighted by molar-refractivity contribution is 5.43. The Hall–Kier alpha value is -1.40. The van der Waals surface area contributed by atoms with E-state index in [2.05, 4.69) is 16.6 Å². The molecule has 1 aromatic carbocycles. The number of hydrogen-bond donors (Lipinski definition) is 1. The average Bonchev–Trinajstić information content (AvgIpc) is 2.45. The third-order valence-corrected chi connectivity index (χ3v) is 3.99. The molecule has 0 saturated carbocycles. The molecule has 1 aliphatic heterocycles. The molecule has 1 aliphatic rings. The standard InChI is InChI=1S/C16H24F2N2O2/c1-3-21-15-8-12(4-5-14(15)22-16(17)18)10-20-7-6-13(19)11(2)9-20/h4-5,8,11,13,16H,3,6-7,9-10,19H2,1-2H3. The van der Waals surface area contributed by atoms with Crippen LogP contribution in [0.2, 0.25) is 0 Å². The molecule has 0 aromatic heterocycles. The first-order valence-electron chi connectivity index (χ1n) is 7.68. The molecule has 6 heteroatoms. The zero-order chi connectivity index (χ0) is 16.1. The second-order valence-electron chi connectivity index (χ2n) is 5.76. The second kappa shape index (κ2) is 7.74. The van der Waals surface area contributed by atoms with Gasteiger partial charge in [0.25, 0.3) is 0 Å². The smallest absolute Gasteiger partial charge is 0.387 e. The maximum Gasteiger partial charge on any atom is 0.387 e. The van der Waals surface area contributed by atoms with Gasteiger partial charge in [0.2, 0.25) is 0 Å². The van der Waals surface area contributed by atoms with Crippen molar-refractivity contribution < 1.29 is 18.3 Å². The summed E-state index contributed by atoms with van der Waals surface area (Å²) in [6, 6.07) is 5.39. The normalized spacial score (nSPS) is 22.8. The van der Waals surface area contributed by atoms with E-state index in [4.69, 9.17) is 10.5 Å². The number of piperidine rings is 1. The Morgan fingerprint density at radius 2 is 2.14 bits per heavy atom. The Morgan fingerprint density at radius 3 is 2.77 bits per heavy atom. The minimum Gasteiger partial charge on any atom is -0.490 e. The molecular formula is C16H24F2N2O2. The van der Waals surface area contributed by atoms with Crippen LogP contribution >= 0.6 is 0 Å². The number of ether oxygens (including phenoxy) is 2. The van der Waals surface area contributed by atoms with Gasteiger partial charge in [-0.3, -0.25) is 4.90 Å². The van der Waals surface area contributed by atoms with Gasteiger partial charge in [-0.25, -0.2) is 0 Å². The van der Waals surface area contributed by atoms with Crippen LogP contribution in [0.3, 0.4) is 0 Å². The van der Waals surface area contributed by atoms with Crippen molar-refractivity contribution in [1.29, 1.82) is 0 Å². The molecule has 1 aromatic rings. The minimum absolute atomic E-state index is 0.0784. The van der Waals surface area contributed by atoms with E-state index in [1.54, 1.807) is 18.2 Å². The van der Waals surface area contributed by atoms with E-state index >= 15 is 0 Å². The van der Waals surface area contributed by atoms with Crippen LogP contribution in [-0.2, 0) is 6.54 Å². The van der Waals surface area contributed by atoms with Crippen LogP contribution in [0.5, 0.6) is 11.5 Å². The van der Waals surface area contributed by atoms with Crippen molar-refractivity contribution in [2.24, 2.45) is 11.7 Å². The molecule has 0 spiro atoms. The monoisotopic (exact) mass is 314 g/mol. The molecule has 0 amide bonds. The molecule has 124 valence electrons. The van der Waals surface area contributed by atoms with Crippen molar-refractivity contribution in [3.8, 4) is 11.5 Å². The Morgan fingerprint density at radius 1 is 1.36 bits per heavy atom. The van der Waals surface area contributed by atoms with Gasteiger partial charge in [0.1, 0.15) is 0 Å². The average molecular weight is 314 g/mol. The summed E-state index contributed by atoms with van der Waals surface area (Å²) in [5.74, 6) is 0.901. The predicted molar refractivity (Wildman–Crippen MR) is 81.3 cm³/mol. The Balaban J connectivity index is 2.06. The van der Waals surface area contributed by atoms with Crippen molar-refractivity contribution in [1.82, 2.24) is 4.90 Å². The summed E-state index contributed by atoms with van der Waals surface area (Å²) >= 11 is 0. The van der Waals surface area contributed by atoms with Crippen LogP contribution in [-0.4, -0.2) is 37.2 Å². The maximum atomic E-state index is 12.4. The third kappa shape index (κ3) is 4.55. The van der Waals surface area contributed by atoms with E-state index in [1.807, 2.05) is 6.92 Å². The molecule has 2 N–H and O–H groups in total. The highest BCUT2D eigenvalue weighted by Crippen LogP contribution is 2.30. The molecule has 2 rings (SSSR count). The summed E-state index contributed by atoms with van der Waals surface area (Å²) in [6.07, 6.45) is 0.978. The molecule has 2 atom stereocenters. The van der Waals surface area contributed by atoms with Gasteiger partial charge in [-0.1, -0.05) is 13.0 Å². The first-order valence-corrected chi connectivity index (χ1v) is 7.68. The highest BCUT2D eigenvalue weighted by Gasteiger charge is 2.23. The van der Waals surface area contributed by atoms with Gasteiger partial charge in [-0.05, 0) is 43.5 Å². The van der Waals surface area contributed by atoms with Crippen LogP contribution < -0.4 is 15.2 Å². The predicted octanol–water partition coefficient (Wildman–Crippen LogP) is 2.86. The molecule has 0 aliphatic carbocycles. The number of rotatable bonds is 6. The van der Waals surface area contributed by atoms with Crippen molar-refractivity contribution in [2.45, 2.75) is 39.5 Å². The molecule has 1 heterocycles.